The third-order valence-corrected chi connectivity index (χ3v) is 4.61. The van der Waals surface area contributed by atoms with E-state index < -0.39 is 12.0 Å². The van der Waals surface area contributed by atoms with E-state index in [2.05, 4.69) is 0 Å². The van der Waals surface area contributed by atoms with Crippen molar-refractivity contribution in [3.8, 4) is 0 Å². The van der Waals surface area contributed by atoms with E-state index in [1.807, 2.05) is 78.7 Å². The highest BCUT2D eigenvalue weighted by atomic mass is 16.4. The van der Waals surface area contributed by atoms with Crippen molar-refractivity contribution in [1.82, 2.24) is 0 Å². The van der Waals surface area contributed by atoms with Gasteiger partial charge >= 0.3 is 5.97 Å². The van der Waals surface area contributed by atoms with Gasteiger partial charge in [0.05, 0.1) is 12.2 Å². The van der Waals surface area contributed by atoms with Crippen LogP contribution in [-0.4, -0.2) is 36.6 Å². The highest BCUT2D eigenvalue weighted by Gasteiger charge is 2.29. The Morgan fingerprint density at radius 2 is 1.56 bits per heavy atom. The zero-order valence-electron chi connectivity index (χ0n) is 15.4. The van der Waals surface area contributed by atoms with Crippen LogP contribution in [0.25, 0.3) is 10.8 Å². The summed E-state index contributed by atoms with van der Waals surface area (Å²) in [6.07, 6.45) is 0. The second-order valence-electron chi connectivity index (χ2n) is 6.47. The highest BCUT2D eigenvalue weighted by molar-refractivity contribution is 6.08. The summed E-state index contributed by atoms with van der Waals surface area (Å²) in [6, 6.07) is 21.8. The second-order valence-corrected chi connectivity index (χ2v) is 6.47. The molecule has 0 aliphatic heterocycles. The lowest BCUT2D eigenvalue weighted by atomic mass is 10.1. The molecule has 0 fully saturated rings. The number of aliphatic carboxylic acids is 1. The maximum atomic E-state index is 13.1. The molecule has 0 heterocycles. The molecule has 5 heteroatoms. The molecular weight excluding hydrogens is 340 g/mol. The van der Waals surface area contributed by atoms with Crippen LogP contribution in [0.1, 0.15) is 6.92 Å². The number of fused-ring (bicyclic) bond motifs is 1. The molecule has 3 aromatic rings. The third-order valence-electron chi connectivity index (χ3n) is 4.61. The molecule has 1 atom stereocenters. The van der Waals surface area contributed by atoms with Crippen molar-refractivity contribution in [2.45, 2.75) is 13.0 Å². The number of para-hydroxylation sites is 1. The Morgan fingerprint density at radius 3 is 2.26 bits per heavy atom. The quantitative estimate of drug-likeness (QED) is 0.725. The SMILES string of the molecule is C[C@@H](C(=O)O)N(C(=O)CN(C)c1ccccc1)c1cccc2ccccc12. The van der Waals surface area contributed by atoms with Gasteiger partial charge in [-0.05, 0) is 30.5 Å². The van der Waals surface area contributed by atoms with Gasteiger partial charge in [0.25, 0.3) is 0 Å². The third kappa shape index (κ3) is 3.92. The highest BCUT2D eigenvalue weighted by Crippen LogP contribution is 2.28. The molecular formula is C22H22N2O3. The number of carboxylic acid groups (broad SMARTS) is 1. The van der Waals surface area contributed by atoms with Crippen LogP contribution in [0, 0.1) is 0 Å². The van der Waals surface area contributed by atoms with Crippen LogP contribution < -0.4 is 9.80 Å². The van der Waals surface area contributed by atoms with E-state index in [0.717, 1.165) is 16.5 Å². The molecule has 0 aromatic heterocycles. The van der Waals surface area contributed by atoms with Gasteiger partial charge in [0.2, 0.25) is 5.91 Å². The minimum Gasteiger partial charge on any atom is -0.480 e. The molecule has 0 spiro atoms. The van der Waals surface area contributed by atoms with Crippen LogP contribution >= 0.6 is 0 Å². The van der Waals surface area contributed by atoms with Crippen LogP contribution in [0.15, 0.2) is 72.8 Å². The molecule has 3 aromatic carbocycles. The number of benzene rings is 3. The predicted molar refractivity (Wildman–Crippen MR) is 108 cm³/mol. The molecule has 0 saturated carbocycles. The standard InChI is InChI=1S/C22H22N2O3/c1-16(22(26)27)24(20-14-8-10-17-9-6-7-13-19(17)20)21(25)15-23(2)18-11-4-3-5-12-18/h3-14,16H,15H2,1-2H3,(H,26,27)/t16-/m0/s1. The first-order valence-electron chi connectivity index (χ1n) is 8.78. The molecule has 0 bridgehead atoms. The smallest absolute Gasteiger partial charge is 0.326 e. The number of carbonyl (C=O) groups excluding carboxylic acids is 1. The number of nitrogens with zero attached hydrogens (tertiary/aromatic N) is 2. The number of amides is 1. The molecule has 0 aliphatic rings. The summed E-state index contributed by atoms with van der Waals surface area (Å²) >= 11 is 0. The number of carboxylic acids is 1. The van der Waals surface area contributed by atoms with Crippen molar-refractivity contribution in [3.05, 3.63) is 72.8 Å². The Bertz CT molecular complexity index is 951. The van der Waals surface area contributed by atoms with Crippen molar-refractivity contribution in [2.75, 3.05) is 23.4 Å². The lowest BCUT2D eigenvalue weighted by molar-refractivity contribution is -0.139. The van der Waals surface area contributed by atoms with Crippen LogP contribution in [0.4, 0.5) is 11.4 Å². The molecule has 0 aliphatic carbocycles. The summed E-state index contributed by atoms with van der Waals surface area (Å²) < 4.78 is 0. The van der Waals surface area contributed by atoms with Gasteiger partial charge in [-0.25, -0.2) is 4.79 Å². The maximum Gasteiger partial charge on any atom is 0.326 e. The number of carbonyl (C=O) groups is 2. The van der Waals surface area contributed by atoms with Crippen LogP contribution in [-0.2, 0) is 9.59 Å². The van der Waals surface area contributed by atoms with Gasteiger partial charge in [0, 0.05) is 18.1 Å². The van der Waals surface area contributed by atoms with Gasteiger partial charge < -0.3 is 10.0 Å². The second kappa shape index (κ2) is 7.91. The molecule has 138 valence electrons. The topological polar surface area (TPSA) is 60.9 Å². The minimum atomic E-state index is -1.04. The van der Waals surface area contributed by atoms with E-state index in [1.54, 1.807) is 6.07 Å². The number of rotatable bonds is 6. The maximum absolute atomic E-state index is 13.1. The number of hydrogen-bond donors (Lipinski definition) is 1. The molecule has 0 radical (unpaired) electrons. The normalized spacial score (nSPS) is 11.8. The first kappa shape index (κ1) is 18.5. The van der Waals surface area contributed by atoms with Crippen molar-refractivity contribution in [2.24, 2.45) is 0 Å². The zero-order chi connectivity index (χ0) is 19.4. The van der Waals surface area contributed by atoms with Crippen LogP contribution in [0.5, 0.6) is 0 Å². The first-order chi connectivity index (χ1) is 13.0. The van der Waals surface area contributed by atoms with Crippen molar-refractivity contribution >= 4 is 34.0 Å². The Kier molecular flexibility index (Phi) is 5.41. The lowest BCUT2D eigenvalue weighted by Crippen LogP contribution is -2.47. The average molecular weight is 362 g/mol. The van der Waals surface area contributed by atoms with Crippen molar-refractivity contribution in [1.29, 1.82) is 0 Å². The Balaban J connectivity index is 1.98. The lowest BCUT2D eigenvalue weighted by Gasteiger charge is -2.30. The fourth-order valence-electron chi connectivity index (χ4n) is 3.14. The summed E-state index contributed by atoms with van der Waals surface area (Å²) in [5.41, 5.74) is 1.50. The minimum absolute atomic E-state index is 0.0743. The molecule has 1 N–H and O–H groups in total. The van der Waals surface area contributed by atoms with Crippen LogP contribution in [0.3, 0.4) is 0 Å². The van der Waals surface area contributed by atoms with Gasteiger partial charge in [-0.3, -0.25) is 9.69 Å². The number of likely N-dealkylation sites (N-methyl/N-ethyl adjacent to an activating group) is 1. The Labute approximate surface area is 158 Å². The number of hydrogen-bond acceptors (Lipinski definition) is 3. The monoisotopic (exact) mass is 362 g/mol. The van der Waals surface area contributed by atoms with Crippen molar-refractivity contribution in [3.63, 3.8) is 0 Å². The Hall–Kier alpha value is -3.34. The van der Waals surface area contributed by atoms with E-state index in [1.165, 1.54) is 11.8 Å². The zero-order valence-corrected chi connectivity index (χ0v) is 15.4. The van der Waals surface area contributed by atoms with Gasteiger partial charge in [-0.2, -0.15) is 0 Å². The molecule has 1 amide bonds. The predicted octanol–water partition coefficient (Wildman–Crippen LogP) is 3.78. The summed E-state index contributed by atoms with van der Waals surface area (Å²) in [6.45, 7) is 1.61. The van der Waals surface area contributed by atoms with E-state index in [9.17, 15) is 14.7 Å². The molecule has 3 rings (SSSR count). The fraction of sp³-hybridized carbons (Fsp3) is 0.182. The van der Waals surface area contributed by atoms with E-state index in [4.69, 9.17) is 0 Å². The summed E-state index contributed by atoms with van der Waals surface area (Å²) in [4.78, 5) is 28.0. The van der Waals surface area contributed by atoms with Gasteiger partial charge in [-0.15, -0.1) is 0 Å². The average Bonchev–Trinajstić information content (AvgIpc) is 2.68. The van der Waals surface area contributed by atoms with Crippen molar-refractivity contribution < 1.29 is 14.7 Å². The van der Waals surface area contributed by atoms with E-state index in [0.29, 0.717) is 5.69 Å². The van der Waals surface area contributed by atoms with Gasteiger partial charge in [-0.1, -0.05) is 54.6 Å². The molecule has 5 nitrogen and oxygen atoms in total. The fourth-order valence-corrected chi connectivity index (χ4v) is 3.14. The van der Waals surface area contributed by atoms with E-state index >= 15 is 0 Å². The molecule has 27 heavy (non-hydrogen) atoms. The molecule has 0 saturated heterocycles. The summed E-state index contributed by atoms with van der Waals surface area (Å²) in [5, 5.41) is 11.4. The summed E-state index contributed by atoms with van der Waals surface area (Å²) in [7, 11) is 1.82. The number of anilines is 2. The summed E-state index contributed by atoms with van der Waals surface area (Å²) in [5.74, 6) is -1.31. The van der Waals surface area contributed by atoms with Crippen LogP contribution in [0.2, 0.25) is 0 Å². The Morgan fingerprint density at radius 1 is 0.926 bits per heavy atom. The molecule has 0 unspecified atom stereocenters. The van der Waals surface area contributed by atoms with Gasteiger partial charge in [0.15, 0.2) is 0 Å². The van der Waals surface area contributed by atoms with Gasteiger partial charge in [0.1, 0.15) is 6.04 Å². The first-order valence-corrected chi connectivity index (χ1v) is 8.78. The van der Waals surface area contributed by atoms with E-state index in [-0.39, 0.29) is 12.5 Å². The largest absolute Gasteiger partial charge is 0.480 e.